The van der Waals surface area contributed by atoms with Gasteiger partial charge >= 0.3 is 0 Å². The van der Waals surface area contributed by atoms with Crippen molar-refractivity contribution in [3.8, 4) is 5.88 Å². The molecule has 0 atom stereocenters. The van der Waals surface area contributed by atoms with Crippen molar-refractivity contribution in [2.75, 3.05) is 6.61 Å². The number of rotatable bonds is 4. The van der Waals surface area contributed by atoms with Gasteiger partial charge in [0.15, 0.2) is 0 Å². The minimum Gasteiger partial charge on any atom is -0.477 e. The van der Waals surface area contributed by atoms with Gasteiger partial charge in [-0.15, -0.1) is 5.10 Å². The molecule has 1 rings (SSSR count). The first-order chi connectivity index (χ1) is 5.83. The summed E-state index contributed by atoms with van der Waals surface area (Å²) in [5.41, 5.74) is -0.210. The van der Waals surface area contributed by atoms with Crippen LogP contribution in [0.4, 0.5) is 0 Å². The molecule has 0 saturated carbocycles. The normalized spacial score (nSPS) is 9.75. The number of hydrogen-bond acceptors (Lipinski definition) is 3. The molecular formula is C8H12N2O2. The lowest BCUT2D eigenvalue weighted by molar-refractivity contribution is 0.294. The first-order valence-corrected chi connectivity index (χ1v) is 4.01. The van der Waals surface area contributed by atoms with E-state index in [4.69, 9.17) is 4.74 Å². The predicted octanol–water partition coefficient (Wildman–Crippen LogP) is 0.949. The number of nitrogens with one attached hydrogen (secondary N) is 1. The van der Waals surface area contributed by atoms with E-state index in [1.807, 2.05) is 0 Å². The van der Waals surface area contributed by atoms with Gasteiger partial charge in [0.25, 0.3) is 5.56 Å². The van der Waals surface area contributed by atoms with Crippen molar-refractivity contribution in [3.05, 3.63) is 22.5 Å². The predicted molar refractivity (Wildman–Crippen MR) is 45.3 cm³/mol. The standard InChI is InChI=1S/C8H12N2O2/c1-2-3-6-12-8-5-4-7(11)9-10-8/h4-5H,2-3,6H2,1H3,(H,9,11). The van der Waals surface area contributed by atoms with Crippen LogP contribution in [0.1, 0.15) is 19.8 Å². The Morgan fingerprint density at radius 3 is 3.00 bits per heavy atom. The maximum absolute atomic E-state index is 10.6. The second-order valence-corrected chi connectivity index (χ2v) is 2.46. The largest absolute Gasteiger partial charge is 0.477 e. The van der Waals surface area contributed by atoms with Crippen LogP contribution in [0.3, 0.4) is 0 Å². The molecule has 0 aliphatic heterocycles. The maximum atomic E-state index is 10.6. The Morgan fingerprint density at radius 1 is 1.58 bits per heavy atom. The lowest BCUT2D eigenvalue weighted by Crippen LogP contribution is -2.07. The fraction of sp³-hybridized carbons (Fsp3) is 0.500. The van der Waals surface area contributed by atoms with Gasteiger partial charge in [0, 0.05) is 12.1 Å². The Hall–Kier alpha value is -1.32. The van der Waals surface area contributed by atoms with Crippen molar-refractivity contribution in [3.63, 3.8) is 0 Å². The molecule has 0 aromatic carbocycles. The van der Waals surface area contributed by atoms with Crippen LogP contribution in [0.5, 0.6) is 5.88 Å². The number of aromatic nitrogens is 2. The number of aromatic amines is 1. The monoisotopic (exact) mass is 168 g/mol. The zero-order chi connectivity index (χ0) is 8.81. The SMILES string of the molecule is CCCCOc1ccc(=O)[nH]n1. The van der Waals surface area contributed by atoms with Crippen LogP contribution < -0.4 is 10.3 Å². The van der Waals surface area contributed by atoms with Crippen molar-refractivity contribution < 1.29 is 4.74 Å². The van der Waals surface area contributed by atoms with E-state index < -0.39 is 0 Å². The minimum absolute atomic E-state index is 0.210. The summed E-state index contributed by atoms with van der Waals surface area (Å²) in [6.45, 7) is 2.74. The van der Waals surface area contributed by atoms with Crippen LogP contribution in [0.2, 0.25) is 0 Å². The van der Waals surface area contributed by atoms with Gasteiger partial charge in [-0.1, -0.05) is 13.3 Å². The van der Waals surface area contributed by atoms with E-state index in [-0.39, 0.29) is 5.56 Å². The van der Waals surface area contributed by atoms with Gasteiger partial charge in [0.2, 0.25) is 5.88 Å². The van der Waals surface area contributed by atoms with Crippen LogP contribution in [0.25, 0.3) is 0 Å². The molecule has 4 nitrogen and oxygen atoms in total. The third kappa shape index (κ3) is 2.74. The Balaban J connectivity index is 2.42. The summed E-state index contributed by atoms with van der Waals surface area (Å²) in [5.74, 6) is 0.475. The molecule has 4 heteroatoms. The zero-order valence-corrected chi connectivity index (χ0v) is 7.04. The van der Waals surface area contributed by atoms with E-state index in [2.05, 4.69) is 17.1 Å². The number of ether oxygens (including phenoxy) is 1. The van der Waals surface area contributed by atoms with E-state index >= 15 is 0 Å². The van der Waals surface area contributed by atoms with Gasteiger partial charge in [-0.2, -0.15) is 0 Å². The van der Waals surface area contributed by atoms with Crippen LogP contribution in [0, 0.1) is 0 Å². The zero-order valence-electron chi connectivity index (χ0n) is 7.04. The van der Waals surface area contributed by atoms with Crippen molar-refractivity contribution in [2.45, 2.75) is 19.8 Å². The summed E-state index contributed by atoms with van der Waals surface area (Å²) in [6, 6.07) is 2.96. The van der Waals surface area contributed by atoms with Crippen LogP contribution in [-0.2, 0) is 0 Å². The second-order valence-electron chi connectivity index (χ2n) is 2.46. The molecule has 0 radical (unpaired) electrons. The number of nitrogens with zero attached hydrogens (tertiary/aromatic N) is 1. The fourth-order valence-corrected chi connectivity index (χ4v) is 0.733. The van der Waals surface area contributed by atoms with E-state index in [0.29, 0.717) is 12.5 Å². The summed E-state index contributed by atoms with van der Waals surface area (Å²) in [6.07, 6.45) is 2.09. The average Bonchev–Trinajstić information content (AvgIpc) is 2.09. The highest BCUT2D eigenvalue weighted by Crippen LogP contribution is 2.00. The minimum atomic E-state index is -0.210. The van der Waals surface area contributed by atoms with Gasteiger partial charge in [-0.25, -0.2) is 5.10 Å². The molecule has 1 heterocycles. The van der Waals surface area contributed by atoms with E-state index in [0.717, 1.165) is 12.8 Å². The Bertz CT molecular complexity index is 262. The molecule has 0 saturated heterocycles. The molecule has 0 fully saturated rings. The summed E-state index contributed by atoms with van der Waals surface area (Å²) in [4.78, 5) is 10.6. The van der Waals surface area contributed by atoms with Gasteiger partial charge in [-0.05, 0) is 6.42 Å². The first-order valence-electron chi connectivity index (χ1n) is 4.01. The first kappa shape index (κ1) is 8.77. The van der Waals surface area contributed by atoms with E-state index in [1.165, 1.54) is 6.07 Å². The third-order valence-electron chi connectivity index (χ3n) is 1.40. The quantitative estimate of drug-likeness (QED) is 0.681. The fourth-order valence-electron chi connectivity index (χ4n) is 0.733. The Morgan fingerprint density at radius 2 is 2.42 bits per heavy atom. The third-order valence-corrected chi connectivity index (χ3v) is 1.40. The molecule has 0 unspecified atom stereocenters. The molecule has 0 bridgehead atoms. The molecule has 1 aromatic heterocycles. The van der Waals surface area contributed by atoms with E-state index in [1.54, 1.807) is 6.07 Å². The molecule has 12 heavy (non-hydrogen) atoms. The van der Waals surface area contributed by atoms with Crippen LogP contribution in [0.15, 0.2) is 16.9 Å². The highest BCUT2D eigenvalue weighted by atomic mass is 16.5. The lowest BCUT2D eigenvalue weighted by atomic mass is 10.4. The van der Waals surface area contributed by atoms with Crippen molar-refractivity contribution >= 4 is 0 Å². The molecule has 66 valence electrons. The van der Waals surface area contributed by atoms with E-state index in [9.17, 15) is 4.79 Å². The number of H-pyrrole nitrogens is 1. The maximum Gasteiger partial charge on any atom is 0.264 e. The van der Waals surface area contributed by atoms with Crippen molar-refractivity contribution in [1.29, 1.82) is 0 Å². The Kier molecular flexibility index (Phi) is 3.32. The molecule has 0 amide bonds. The smallest absolute Gasteiger partial charge is 0.264 e. The van der Waals surface area contributed by atoms with Gasteiger partial charge in [-0.3, -0.25) is 4.79 Å². The van der Waals surface area contributed by atoms with Crippen LogP contribution >= 0.6 is 0 Å². The lowest BCUT2D eigenvalue weighted by Gasteiger charge is -2.01. The molecule has 0 aliphatic rings. The summed E-state index contributed by atoms with van der Waals surface area (Å²) in [7, 11) is 0. The van der Waals surface area contributed by atoms with Crippen molar-refractivity contribution in [2.24, 2.45) is 0 Å². The highest BCUT2D eigenvalue weighted by Gasteiger charge is 1.92. The summed E-state index contributed by atoms with van der Waals surface area (Å²) in [5, 5.41) is 5.99. The molecule has 0 spiro atoms. The molecule has 1 N–H and O–H groups in total. The van der Waals surface area contributed by atoms with Gasteiger partial charge in [0.1, 0.15) is 0 Å². The van der Waals surface area contributed by atoms with Crippen molar-refractivity contribution in [1.82, 2.24) is 10.2 Å². The molecular weight excluding hydrogens is 156 g/mol. The van der Waals surface area contributed by atoms with Gasteiger partial charge < -0.3 is 4.74 Å². The second kappa shape index (κ2) is 4.54. The van der Waals surface area contributed by atoms with Crippen LogP contribution in [-0.4, -0.2) is 16.8 Å². The Labute approximate surface area is 70.6 Å². The average molecular weight is 168 g/mol. The molecule has 1 aromatic rings. The number of hydrogen-bond donors (Lipinski definition) is 1. The number of unbranched alkanes of at least 4 members (excludes halogenated alkanes) is 1. The highest BCUT2D eigenvalue weighted by molar-refractivity contribution is 5.05. The molecule has 0 aliphatic carbocycles. The summed E-state index contributed by atoms with van der Waals surface area (Å²) >= 11 is 0. The summed E-state index contributed by atoms with van der Waals surface area (Å²) < 4.78 is 5.22. The van der Waals surface area contributed by atoms with Gasteiger partial charge in [0.05, 0.1) is 6.61 Å². The topological polar surface area (TPSA) is 55.0 Å².